The van der Waals surface area contributed by atoms with E-state index in [9.17, 15) is 9.59 Å². The molecular formula is C21H21ClN4O3S. The Balaban J connectivity index is 1.23. The molecule has 1 aromatic carbocycles. The van der Waals surface area contributed by atoms with Gasteiger partial charge in [0.1, 0.15) is 0 Å². The first kappa shape index (κ1) is 20.4. The second-order valence-corrected chi connectivity index (χ2v) is 8.21. The average Bonchev–Trinajstić information content (AvgIpc) is 3.45. The van der Waals surface area contributed by atoms with Crippen LogP contribution in [0.15, 0.2) is 52.5 Å². The van der Waals surface area contributed by atoms with Crippen LogP contribution in [0, 0.1) is 0 Å². The number of nitrogens with one attached hydrogen (secondary N) is 1. The number of thiazole rings is 1. The fourth-order valence-electron chi connectivity index (χ4n) is 3.30. The summed E-state index contributed by atoms with van der Waals surface area (Å²) in [6, 6.07) is 11.0. The molecule has 0 saturated carbocycles. The number of aromatic nitrogens is 1. The van der Waals surface area contributed by atoms with Crippen LogP contribution in [-0.2, 0) is 11.2 Å². The van der Waals surface area contributed by atoms with Gasteiger partial charge >= 0.3 is 0 Å². The van der Waals surface area contributed by atoms with Gasteiger partial charge in [0.15, 0.2) is 10.9 Å². The molecule has 4 rings (SSSR count). The van der Waals surface area contributed by atoms with Crippen molar-refractivity contribution in [2.75, 3.05) is 36.4 Å². The summed E-state index contributed by atoms with van der Waals surface area (Å²) >= 11 is 7.29. The normalized spacial score (nSPS) is 14.0. The van der Waals surface area contributed by atoms with E-state index in [1.807, 2.05) is 34.5 Å². The van der Waals surface area contributed by atoms with Crippen molar-refractivity contribution in [3.8, 4) is 0 Å². The number of halogens is 1. The fourth-order valence-corrected chi connectivity index (χ4v) is 4.17. The van der Waals surface area contributed by atoms with E-state index in [1.54, 1.807) is 12.1 Å². The first-order chi connectivity index (χ1) is 14.6. The lowest BCUT2D eigenvalue weighted by Crippen LogP contribution is -2.48. The first-order valence-electron chi connectivity index (χ1n) is 9.66. The largest absolute Gasteiger partial charge is 0.459 e. The van der Waals surface area contributed by atoms with E-state index in [0.29, 0.717) is 31.1 Å². The second kappa shape index (κ2) is 9.32. The second-order valence-electron chi connectivity index (χ2n) is 6.92. The highest BCUT2D eigenvalue weighted by molar-refractivity contribution is 7.13. The molecule has 0 unspecified atom stereocenters. The zero-order valence-corrected chi connectivity index (χ0v) is 17.8. The molecule has 0 spiro atoms. The van der Waals surface area contributed by atoms with E-state index in [2.05, 4.69) is 15.2 Å². The van der Waals surface area contributed by atoms with Crippen LogP contribution >= 0.6 is 22.9 Å². The Hall–Kier alpha value is -2.84. The highest BCUT2D eigenvalue weighted by Crippen LogP contribution is 2.21. The molecule has 1 N–H and O–H groups in total. The molecule has 1 aliphatic heterocycles. The summed E-state index contributed by atoms with van der Waals surface area (Å²) in [6.07, 6.45) is 2.39. The van der Waals surface area contributed by atoms with Crippen molar-refractivity contribution in [1.29, 1.82) is 0 Å². The van der Waals surface area contributed by atoms with Gasteiger partial charge in [-0.3, -0.25) is 14.9 Å². The SMILES string of the molecule is O=C(Nc1nc(CCC(=O)N2CCN(c3ccc(Cl)cc3)CC2)cs1)c1ccco1. The molecule has 30 heavy (non-hydrogen) atoms. The molecule has 1 saturated heterocycles. The smallest absolute Gasteiger partial charge is 0.293 e. The van der Waals surface area contributed by atoms with Gasteiger partial charge in [0.05, 0.1) is 12.0 Å². The first-order valence-corrected chi connectivity index (χ1v) is 10.9. The van der Waals surface area contributed by atoms with Crippen molar-refractivity contribution in [2.24, 2.45) is 0 Å². The highest BCUT2D eigenvalue weighted by atomic mass is 35.5. The number of amides is 2. The minimum absolute atomic E-state index is 0.125. The Morgan fingerprint density at radius 3 is 2.60 bits per heavy atom. The lowest BCUT2D eigenvalue weighted by atomic mass is 10.2. The summed E-state index contributed by atoms with van der Waals surface area (Å²) in [4.78, 5) is 33.1. The Bertz CT molecular complexity index is 996. The highest BCUT2D eigenvalue weighted by Gasteiger charge is 2.21. The van der Waals surface area contributed by atoms with Gasteiger partial charge in [-0.25, -0.2) is 4.98 Å². The number of rotatable bonds is 6. The van der Waals surface area contributed by atoms with E-state index in [0.717, 1.165) is 29.5 Å². The van der Waals surface area contributed by atoms with Crippen LogP contribution < -0.4 is 10.2 Å². The number of anilines is 2. The molecule has 0 atom stereocenters. The van der Waals surface area contributed by atoms with Crippen LogP contribution in [0.2, 0.25) is 5.02 Å². The Morgan fingerprint density at radius 1 is 1.13 bits per heavy atom. The van der Waals surface area contributed by atoms with Gasteiger partial charge in [0.2, 0.25) is 5.91 Å². The van der Waals surface area contributed by atoms with Crippen molar-refractivity contribution in [1.82, 2.24) is 9.88 Å². The maximum atomic E-state index is 12.6. The number of piperazine rings is 1. The molecule has 3 heterocycles. The summed E-state index contributed by atoms with van der Waals surface area (Å²) in [6.45, 7) is 2.99. The summed E-state index contributed by atoms with van der Waals surface area (Å²) in [5.74, 6) is 0.0233. The molecule has 3 aromatic rings. The minimum atomic E-state index is -0.337. The van der Waals surface area contributed by atoms with E-state index >= 15 is 0 Å². The number of nitrogens with zero attached hydrogens (tertiary/aromatic N) is 3. The molecule has 0 bridgehead atoms. The van der Waals surface area contributed by atoms with Gasteiger partial charge in [-0.1, -0.05) is 11.6 Å². The molecule has 156 valence electrons. The molecule has 2 amide bonds. The van der Waals surface area contributed by atoms with Crippen LogP contribution in [0.5, 0.6) is 0 Å². The van der Waals surface area contributed by atoms with Crippen molar-refractivity contribution < 1.29 is 14.0 Å². The van der Waals surface area contributed by atoms with Crippen LogP contribution in [0.3, 0.4) is 0 Å². The van der Waals surface area contributed by atoms with Gasteiger partial charge < -0.3 is 14.2 Å². The topological polar surface area (TPSA) is 78.7 Å². The van der Waals surface area contributed by atoms with E-state index in [4.69, 9.17) is 16.0 Å². The molecule has 2 aromatic heterocycles. The van der Waals surface area contributed by atoms with Gasteiger partial charge in [-0.05, 0) is 42.8 Å². The summed E-state index contributed by atoms with van der Waals surface area (Å²) in [7, 11) is 0. The fraction of sp³-hybridized carbons (Fsp3) is 0.286. The van der Waals surface area contributed by atoms with Crippen molar-refractivity contribution in [3.05, 3.63) is 64.5 Å². The summed E-state index contributed by atoms with van der Waals surface area (Å²) < 4.78 is 5.07. The Morgan fingerprint density at radius 2 is 1.90 bits per heavy atom. The maximum Gasteiger partial charge on any atom is 0.293 e. The number of aryl methyl sites for hydroxylation is 1. The standard InChI is InChI=1S/C21H21ClN4O3S/c22-15-3-6-17(7-4-15)25-9-11-26(12-10-25)19(27)8-5-16-14-30-21(23-16)24-20(28)18-2-1-13-29-18/h1-4,6-7,13-14H,5,8-12H2,(H,23,24,28). The lowest BCUT2D eigenvalue weighted by molar-refractivity contribution is -0.131. The third kappa shape index (κ3) is 5.01. The van der Waals surface area contributed by atoms with Crippen molar-refractivity contribution in [2.45, 2.75) is 12.8 Å². The molecule has 1 fully saturated rings. The molecule has 0 aliphatic carbocycles. The number of furan rings is 1. The Labute approximate surface area is 183 Å². The van der Waals surface area contributed by atoms with Gasteiger partial charge in [0, 0.05) is 48.7 Å². The van der Waals surface area contributed by atoms with Gasteiger partial charge in [-0.2, -0.15) is 0 Å². The maximum absolute atomic E-state index is 12.6. The third-order valence-corrected chi connectivity index (χ3v) is 5.99. The number of benzene rings is 1. The van der Waals surface area contributed by atoms with Crippen LogP contribution in [-0.4, -0.2) is 47.9 Å². The Kier molecular flexibility index (Phi) is 6.35. The molecule has 1 aliphatic rings. The molecule has 9 heteroatoms. The number of carbonyl (C=O) groups is 2. The zero-order valence-electron chi connectivity index (χ0n) is 16.2. The lowest BCUT2D eigenvalue weighted by Gasteiger charge is -2.36. The molecular weight excluding hydrogens is 424 g/mol. The van der Waals surface area contributed by atoms with Crippen LogP contribution in [0.25, 0.3) is 0 Å². The van der Waals surface area contributed by atoms with Crippen LogP contribution in [0.4, 0.5) is 10.8 Å². The van der Waals surface area contributed by atoms with Crippen molar-refractivity contribution in [3.63, 3.8) is 0 Å². The van der Waals surface area contributed by atoms with Crippen LogP contribution in [0.1, 0.15) is 22.7 Å². The third-order valence-electron chi connectivity index (χ3n) is 4.94. The average molecular weight is 445 g/mol. The molecule has 7 nitrogen and oxygen atoms in total. The zero-order chi connectivity index (χ0) is 20.9. The summed E-state index contributed by atoms with van der Waals surface area (Å²) in [5.41, 5.74) is 1.92. The van der Waals surface area contributed by atoms with E-state index < -0.39 is 0 Å². The minimum Gasteiger partial charge on any atom is -0.459 e. The number of carbonyl (C=O) groups excluding carboxylic acids is 2. The predicted octanol–water partition coefficient (Wildman–Crippen LogP) is 3.92. The number of hydrogen-bond donors (Lipinski definition) is 1. The van der Waals surface area contributed by atoms with Crippen molar-refractivity contribution >= 4 is 45.6 Å². The van der Waals surface area contributed by atoms with Gasteiger partial charge in [0.25, 0.3) is 5.91 Å². The van der Waals surface area contributed by atoms with E-state index in [1.165, 1.54) is 17.6 Å². The summed E-state index contributed by atoms with van der Waals surface area (Å²) in [5, 5.41) is 5.79. The quantitative estimate of drug-likeness (QED) is 0.623. The predicted molar refractivity (Wildman–Crippen MR) is 117 cm³/mol. The molecule has 0 radical (unpaired) electrons. The number of hydrogen-bond acceptors (Lipinski definition) is 6. The van der Waals surface area contributed by atoms with Gasteiger partial charge in [-0.15, -0.1) is 11.3 Å². The monoisotopic (exact) mass is 444 g/mol. The van der Waals surface area contributed by atoms with E-state index in [-0.39, 0.29) is 17.6 Å².